The first-order valence-corrected chi connectivity index (χ1v) is 16.2. The van der Waals surface area contributed by atoms with Crippen molar-refractivity contribution >= 4 is 50.2 Å². The molecular weight excluding hydrogens is 636 g/mol. The van der Waals surface area contributed by atoms with Gasteiger partial charge in [0.15, 0.2) is 0 Å². The van der Waals surface area contributed by atoms with E-state index in [0.717, 1.165) is 16.3 Å². The largest absolute Gasteiger partial charge is 0.465 e. The Morgan fingerprint density at radius 1 is 1.09 bits per heavy atom. The SMILES string of the molecule is C=CCCOC(=O)[C@H]1[C@@H]2OC3(CC2Br)C(C(=O)N(CC=C)c2ccc4ccccc4c2)N([C@@H](CO)Cc2ccccc2)C(=O)[C@H]13. The van der Waals surface area contributed by atoms with Crippen molar-refractivity contribution in [3.63, 3.8) is 0 Å². The number of amides is 2. The van der Waals surface area contributed by atoms with Gasteiger partial charge in [-0.15, -0.1) is 13.2 Å². The van der Waals surface area contributed by atoms with E-state index in [1.54, 1.807) is 17.1 Å². The number of hydrogen-bond donors (Lipinski definition) is 1. The molecule has 45 heavy (non-hydrogen) atoms. The average molecular weight is 674 g/mol. The van der Waals surface area contributed by atoms with Gasteiger partial charge in [-0.05, 0) is 47.7 Å². The highest BCUT2D eigenvalue weighted by Crippen LogP contribution is 2.61. The van der Waals surface area contributed by atoms with Crippen LogP contribution in [-0.4, -0.2) is 76.2 Å². The first-order chi connectivity index (χ1) is 21.8. The first-order valence-electron chi connectivity index (χ1n) is 15.3. The molecule has 3 aromatic carbocycles. The third kappa shape index (κ3) is 5.41. The van der Waals surface area contributed by atoms with Crippen molar-refractivity contribution in [3.8, 4) is 0 Å². The van der Waals surface area contributed by atoms with E-state index in [-0.39, 0.29) is 36.4 Å². The van der Waals surface area contributed by atoms with E-state index in [9.17, 15) is 14.7 Å². The van der Waals surface area contributed by atoms with Crippen LogP contribution in [0, 0.1) is 11.8 Å². The molecular formula is C36H37BrN2O6. The number of hydrogen-bond acceptors (Lipinski definition) is 6. The van der Waals surface area contributed by atoms with Crippen molar-refractivity contribution in [3.05, 3.63) is 104 Å². The smallest absolute Gasteiger partial charge is 0.312 e. The van der Waals surface area contributed by atoms with Gasteiger partial charge in [-0.3, -0.25) is 14.4 Å². The normalized spacial score (nSPS) is 27.3. The van der Waals surface area contributed by atoms with Crippen LogP contribution in [0.15, 0.2) is 98.1 Å². The molecule has 1 spiro atoms. The summed E-state index contributed by atoms with van der Waals surface area (Å²) in [5, 5.41) is 12.8. The molecule has 2 amide bonds. The lowest BCUT2D eigenvalue weighted by atomic mass is 9.70. The van der Waals surface area contributed by atoms with Crippen LogP contribution in [0.2, 0.25) is 0 Å². The summed E-state index contributed by atoms with van der Waals surface area (Å²) in [6.45, 7) is 7.55. The van der Waals surface area contributed by atoms with E-state index < -0.39 is 41.6 Å². The monoisotopic (exact) mass is 672 g/mol. The van der Waals surface area contributed by atoms with E-state index in [1.165, 1.54) is 4.90 Å². The molecule has 0 aromatic heterocycles. The second-order valence-corrected chi connectivity index (χ2v) is 13.1. The molecule has 0 saturated carbocycles. The lowest BCUT2D eigenvalue weighted by Crippen LogP contribution is -2.59. The number of esters is 1. The minimum Gasteiger partial charge on any atom is -0.465 e. The molecule has 8 nitrogen and oxygen atoms in total. The standard InChI is InChI=1S/C36H37BrN2O6/c1-3-5-18-44-35(43)29-30-33(41)39(27(22-40)19-23-11-7-6-8-12-23)32(36(30)21-28(37)31(29)45-36)34(42)38(17-4-2)26-16-15-24-13-9-10-14-25(24)20-26/h3-4,6-16,20,27-32,40H,1-2,5,17-19,21-22H2/t27-,28?,29-,30+,31-,32?,36?/m1/s1. The molecule has 3 aliphatic rings. The third-order valence-electron chi connectivity index (χ3n) is 9.34. The Balaban J connectivity index is 1.45. The Labute approximate surface area is 271 Å². The van der Waals surface area contributed by atoms with Gasteiger partial charge in [-0.1, -0.05) is 88.7 Å². The lowest BCUT2D eigenvalue weighted by molar-refractivity contribution is -0.155. The molecule has 3 aromatic rings. The van der Waals surface area contributed by atoms with E-state index in [0.29, 0.717) is 24.9 Å². The van der Waals surface area contributed by atoms with E-state index >= 15 is 4.79 Å². The van der Waals surface area contributed by atoms with Crippen LogP contribution in [0.4, 0.5) is 5.69 Å². The predicted octanol–water partition coefficient (Wildman–Crippen LogP) is 4.83. The molecule has 234 valence electrons. The molecule has 2 bridgehead atoms. The van der Waals surface area contributed by atoms with Gasteiger partial charge in [-0.2, -0.15) is 0 Å². The van der Waals surface area contributed by atoms with Crippen LogP contribution in [0.1, 0.15) is 18.4 Å². The van der Waals surface area contributed by atoms with Crippen molar-refractivity contribution < 1.29 is 29.0 Å². The second kappa shape index (κ2) is 12.9. The van der Waals surface area contributed by atoms with Crippen molar-refractivity contribution in [2.24, 2.45) is 11.8 Å². The van der Waals surface area contributed by atoms with Gasteiger partial charge in [-0.25, -0.2) is 0 Å². The zero-order valence-electron chi connectivity index (χ0n) is 25.0. The summed E-state index contributed by atoms with van der Waals surface area (Å²) in [4.78, 5) is 46.0. The number of rotatable bonds is 12. The highest BCUT2D eigenvalue weighted by atomic mass is 79.9. The van der Waals surface area contributed by atoms with Gasteiger partial charge in [0.05, 0.1) is 37.2 Å². The summed E-state index contributed by atoms with van der Waals surface area (Å²) < 4.78 is 12.3. The number of likely N-dealkylation sites (tertiary alicyclic amines) is 1. The fourth-order valence-electron chi connectivity index (χ4n) is 7.43. The van der Waals surface area contributed by atoms with Crippen molar-refractivity contribution in [2.75, 3.05) is 24.7 Å². The average Bonchev–Trinajstić information content (AvgIpc) is 3.65. The molecule has 3 saturated heterocycles. The summed E-state index contributed by atoms with van der Waals surface area (Å²) in [7, 11) is 0. The van der Waals surface area contributed by atoms with Gasteiger partial charge in [0, 0.05) is 17.1 Å². The van der Waals surface area contributed by atoms with Gasteiger partial charge in [0.25, 0.3) is 5.91 Å². The Hall–Kier alpha value is -3.79. The van der Waals surface area contributed by atoms with Crippen molar-refractivity contribution in [1.29, 1.82) is 0 Å². The zero-order chi connectivity index (χ0) is 31.7. The second-order valence-electron chi connectivity index (χ2n) is 11.9. The number of carbonyl (C=O) groups is 3. The van der Waals surface area contributed by atoms with E-state index in [1.807, 2.05) is 72.8 Å². The molecule has 3 aliphatic heterocycles. The highest BCUT2D eigenvalue weighted by Gasteiger charge is 2.77. The van der Waals surface area contributed by atoms with Crippen LogP contribution in [0.3, 0.4) is 0 Å². The summed E-state index contributed by atoms with van der Waals surface area (Å²) >= 11 is 3.71. The zero-order valence-corrected chi connectivity index (χ0v) is 26.6. The number of alkyl halides is 1. The van der Waals surface area contributed by atoms with Gasteiger partial charge < -0.3 is 24.4 Å². The Morgan fingerprint density at radius 3 is 2.53 bits per heavy atom. The van der Waals surface area contributed by atoms with E-state index in [4.69, 9.17) is 9.47 Å². The maximum atomic E-state index is 15.0. The predicted molar refractivity (Wildman–Crippen MR) is 176 cm³/mol. The highest BCUT2D eigenvalue weighted by molar-refractivity contribution is 9.09. The molecule has 9 heteroatoms. The van der Waals surface area contributed by atoms with Gasteiger partial charge in [0.2, 0.25) is 5.91 Å². The number of nitrogens with zero attached hydrogens (tertiary/aromatic N) is 2. The molecule has 6 rings (SSSR count). The number of aliphatic hydroxyl groups excluding tert-OH is 1. The first kappa shape index (κ1) is 31.2. The molecule has 3 unspecified atom stereocenters. The quantitative estimate of drug-likeness (QED) is 0.128. The minimum atomic E-state index is -1.30. The van der Waals surface area contributed by atoms with E-state index in [2.05, 4.69) is 29.1 Å². The Morgan fingerprint density at radius 2 is 1.82 bits per heavy atom. The summed E-state index contributed by atoms with van der Waals surface area (Å²) in [5.41, 5.74) is 0.263. The fraction of sp³-hybridized carbons (Fsp3) is 0.361. The third-order valence-corrected chi connectivity index (χ3v) is 10.2. The molecule has 1 N–H and O–H groups in total. The topological polar surface area (TPSA) is 96.4 Å². The maximum Gasteiger partial charge on any atom is 0.312 e. The lowest BCUT2D eigenvalue weighted by Gasteiger charge is -2.39. The fourth-order valence-corrected chi connectivity index (χ4v) is 8.37. The van der Waals surface area contributed by atoms with Crippen LogP contribution in [0.5, 0.6) is 0 Å². The molecule has 0 aliphatic carbocycles. The number of carbonyl (C=O) groups excluding carboxylic acids is 3. The Bertz CT molecular complexity index is 1610. The molecule has 0 radical (unpaired) electrons. The number of fused-ring (bicyclic) bond motifs is 2. The summed E-state index contributed by atoms with van der Waals surface area (Å²) in [6, 6.07) is 21.4. The van der Waals surface area contributed by atoms with Crippen molar-refractivity contribution in [2.45, 2.75) is 47.9 Å². The van der Waals surface area contributed by atoms with Crippen molar-refractivity contribution in [1.82, 2.24) is 4.90 Å². The number of halogens is 1. The number of aliphatic hydroxyl groups is 1. The van der Waals surface area contributed by atoms with Crippen LogP contribution < -0.4 is 4.90 Å². The molecule has 3 fully saturated rings. The summed E-state index contributed by atoms with van der Waals surface area (Å²) in [5.74, 6) is -3.10. The number of benzene rings is 3. The Kier molecular flexibility index (Phi) is 8.95. The maximum absolute atomic E-state index is 15.0. The van der Waals surface area contributed by atoms with Crippen LogP contribution >= 0.6 is 15.9 Å². The molecule has 3 heterocycles. The van der Waals surface area contributed by atoms with Gasteiger partial charge >= 0.3 is 5.97 Å². The number of ether oxygens (including phenoxy) is 2. The van der Waals surface area contributed by atoms with Gasteiger partial charge in [0.1, 0.15) is 11.6 Å². The molecule has 7 atom stereocenters. The number of anilines is 1. The summed E-state index contributed by atoms with van der Waals surface area (Å²) in [6.07, 6.45) is 3.82. The minimum absolute atomic E-state index is 0.140. The van der Waals surface area contributed by atoms with Crippen LogP contribution in [0.25, 0.3) is 10.8 Å². The van der Waals surface area contributed by atoms with Crippen LogP contribution in [-0.2, 0) is 30.3 Å².